The molecule has 1 fully saturated rings. The zero-order chi connectivity index (χ0) is 12.9. The van der Waals surface area contributed by atoms with Crippen molar-refractivity contribution in [2.75, 3.05) is 13.2 Å². The number of carbonyl (C=O) groups is 2. The van der Waals surface area contributed by atoms with Crippen LogP contribution in [0.4, 0.5) is 8.78 Å². The normalized spacial score (nSPS) is 17.6. The average Bonchev–Trinajstić information content (AvgIpc) is 2.17. The summed E-state index contributed by atoms with van der Waals surface area (Å²) >= 11 is 0. The predicted molar refractivity (Wildman–Crippen MR) is 53.8 cm³/mol. The molecule has 1 rings (SSSR count). The molecule has 0 aromatic rings. The highest BCUT2D eigenvalue weighted by Crippen LogP contribution is 2.32. The van der Waals surface area contributed by atoms with Crippen molar-refractivity contribution in [3.63, 3.8) is 0 Å². The topological polar surface area (TPSA) is 75.6 Å². The molecular formula is C10H15F2NO4. The van der Waals surface area contributed by atoms with Gasteiger partial charge >= 0.3 is 5.97 Å². The van der Waals surface area contributed by atoms with Crippen molar-refractivity contribution in [2.24, 2.45) is 0 Å². The van der Waals surface area contributed by atoms with Crippen LogP contribution in [0.2, 0.25) is 0 Å². The monoisotopic (exact) mass is 251 g/mol. The zero-order valence-electron chi connectivity index (χ0n) is 9.25. The van der Waals surface area contributed by atoms with Crippen LogP contribution in [0.5, 0.6) is 0 Å². The Balaban J connectivity index is 2.22. The van der Waals surface area contributed by atoms with Gasteiger partial charge in [0.25, 0.3) is 6.43 Å². The highest BCUT2D eigenvalue weighted by atomic mass is 19.3. The van der Waals surface area contributed by atoms with Crippen molar-refractivity contribution in [1.29, 1.82) is 0 Å². The molecule has 5 nitrogen and oxygen atoms in total. The van der Waals surface area contributed by atoms with Gasteiger partial charge in [-0.05, 0) is 19.3 Å². The number of ether oxygens (including phenoxy) is 1. The van der Waals surface area contributed by atoms with E-state index in [4.69, 9.17) is 5.11 Å². The fraction of sp³-hybridized carbons (Fsp3) is 0.800. The summed E-state index contributed by atoms with van der Waals surface area (Å²) in [5, 5.41) is 11.3. The minimum atomic E-state index is -2.56. The van der Waals surface area contributed by atoms with E-state index in [1.807, 2.05) is 0 Å². The van der Waals surface area contributed by atoms with Gasteiger partial charge in [0.2, 0.25) is 5.91 Å². The Morgan fingerprint density at radius 2 is 2.06 bits per heavy atom. The number of rotatable bonds is 7. The number of carboxylic acids is 1. The third-order valence-electron chi connectivity index (χ3n) is 2.71. The zero-order valence-corrected chi connectivity index (χ0v) is 9.25. The number of nitrogens with one attached hydrogen (secondary N) is 1. The van der Waals surface area contributed by atoms with Gasteiger partial charge in [0.1, 0.15) is 12.1 Å². The molecule has 0 aliphatic heterocycles. The average molecular weight is 251 g/mol. The van der Waals surface area contributed by atoms with Crippen LogP contribution < -0.4 is 5.32 Å². The van der Waals surface area contributed by atoms with E-state index in [-0.39, 0.29) is 13.0 Å². The molecule has 1 saturated carbocycles. The second-order valence-corrected chi connectivity index (χ2v) is 4.00. The summed E-state index contributed by atoms with van der Waals surface area (Å²) in [6.07, 6.45) is -1.09. The number of amides is 1. The molecule has 0 aromatic heterocycles. The van der Waals surface area contributed by atoms with E-state index in [1.54, 1.807) is 0 Å². The van der Waals surface area contributed by atoms with Crippen LogP contribution in [0, 0.1) is 0 Å². The quantitative estimate of drug-likeness (QED) is 0.656. The minimum Gasteiger partial charge on any atom is -0.480 e. The van der Waals surface area contributed by atoms with Crippen LogP contribution in [0.25, 0.3) is 0 Å². The summed E-state index contributed by atoms with van der Waals surface area (Å²) < 4.78 is 27.9. The maximum atomic E-state index is 11.7. The van der Waals surface area contributed by atoms with Crippen LogP contribution in [-0.4, -0.2) is 42.2 Å². The maximum Gasteiger partial charge on any atom is 0.329 e. The standard InChI is InChI=1S/C10H15F2NO4/c11-7(12)6-17-5-2-8(14)13-10(9(15)16)3-1-4-10/h7H,1-6H2,(H,13,14)(H,15,16). The second-order valence-electron chi connectivity index (χ2n) is 4.00. The van der Waals surface area contributed by atoms with E-state index in [1.165, 1.54) is 0 Å². The van der Waals surface area contributed by atoms with Crippen LogP contribution in [0.1, 0.15) is 25.7 Å². The molecule has 0 atom stereocenters. The molecule has 0 spiro atoms. The first-order valence-corrected chi connectivity index (χ1v) is 5.36. The SMILES string of the molecule is O=C(CCOCC(F)F)NC1(C(=O)O)CCC1. The minimum absolute atomic E-state index is 0.109. The smallest absolute Gasteiger partial charge is 0.329 e. The van der Waals surface area contributed by atoms with Gasteiger partial charge in [0.15, 0.2) is 0 Å². The lowest BCUT2D eigenvalue weighted by Crippen LogP contribution is -2.59. The molecule has 0 radical (unpaired) electrons. The fourth-order valence-corrected chi connectivity index (χ4v) is 1.59. The highest BCUT2D eigenvalue weighted by Gasteiger charge is 2.45. The van der Waals surface area contributed by atoms with E-state index in [0.29, 0.717) is 12.8 Å². The summed E-state index contributed by atoms with van der Waals surface area (Å²) in [7, 11) is 0. The Hall–Kier alpha value is -1.24. The molecule has 7 heteroatoms. The molecule has 1 aliphatic rings. The summed E-state index contributed by atoms with van der Waals surface area (Å²) in [4.78, 5) is 22.3. The van der Waals surface area contributed by atoms with Crippen molar-refractivity contribution < 1.29 is 28.2 Å². The molecule has 17 heavy (non-hydrogen) atoms. The summed E-state index contributed by atoms with van der Waals surface area (Å²) in [5.41, 5.74) is -1.15. The Morgan fingerprint density at radius 3 is 2.47 bits per heavy atom. The highest BCUT2D eigenvalue weighted by molar-refractivity contribution is 5.87. The molecule has 0 unspecified atom stereocenters. The number of aliphatic carboxylic acids is 1. The van der Waals surface area contributed by atoms with E-state index >= 15 is 0 Å². The Kier molecular flexibility index (Phi) is 4.80. The fourth-order valence-electron chi connectivity index (χ4n) is 1.59. The molecule has 0 heterocycles. The predicted octanol–water partition coefficient (Wildman–Crippen LogP) is 0.782. The number of alkyl halides is 2. The lowest BCUT2D eigenvalue weighted by Gasteiger charge is -2.38. The van der Waals surface area contributed by atoms with E-state index < -0.39 is 30.4 Å². The molecule has 2 N–H and O–H groups in total. The maximum absolute atomic E-state index is 11.7. The first-order valence-electron chi connectivity index (χ1n) is 5.36. The van der Waals surface area contributed by atoms with Crippen LogP contribution in [-0.2, 0) is 14.3 Å². The first-order chi connectivity index (χ1) is 7.96. The summed E-state index contributed by atoms with van der Waals surface area (Å²) in [6.45, 7) is -0.844. The van der Waals surface area contributed by atoms with Crippen molar-refractivity contribution in [2.45, 2.75) is 37.6 Å². The van der Waals surface area contributed by atoms with Gasteiger partial charge in [0, 0.05) is 6.42 Å². The molecule has 1 aliphatic carbocycles. The van der Waals surface area contributed by atoms with Gasteiger partial charge in [-0.3, -0.25) is 4.79 Å². The Morgan fingerprint density at radius 1 is 1.41 bits per heavy atom. The van der Waals surface area contributed by atoms with Gasteiger partial charge in [-0.2, -0.15) is 0 Å². The number of carbonyl (C=O) groups excluding carboxylic acids is 1. The molecule has 0 bridgehead atoms. The van der Waals surface area contributed by atoms with Crippen molar-refractivity contribution >= 4 is 11.9 Å². The van der Waals surface area contributed by atoms with Gasteiger partial charge in [0.05, 0.1) is 6.61 Å². The first kappa shape index (κ1) is 13.8. The third kappa shape index (κ3) is 3.92. The van der Waals surface area contributed by atoms with Crippen LogP contribution in [0.15, 0.2) is 0 Å². The van der Waals surface area contributed by atoms with Crippen LogP contribution in [0.3, 0.4) is 0 Å². The van der Waals surface area contributed by atoms with E-state index in [2.05, 4.69) is 10.1 Å². The van der Waals surface area contributed by atoms with Gasteiger partial charge in [-0.1, -0.05) is 0 Å². The number of halogens is 2. The van der Waals surface area contributed by atoms with Gasteiger partial charge in [-0.15, -0.1) is 0 Å². The second kappa shape index (κ2) is 5.90. The van der Waals surface area contributed by atoms with Crippen molar-refractivity contribution in [3.8, 4) is 0 Å². The number of carboxylic acid groups (broad SMARTS) is 1. The molecule has 1 amide bonds. The van der Waals surface area contributed by atoms with Crippen molar-refractivity contribution in [1.82, 2.24) is 5.32 Å². The molecular weight excluding hydrogens is 236 g/mol. The summed E-state index contributed by atoms with van der Waals surface area (Å²) in [6, 6.07) is 0. The van der Waals surface area contributed by atoms with Gasteiger partial charge in [-0.25, -0.2) is 13.6 Å². The Bertz CT molecular complexity index is 292. The van der Waals surface area contributed by atoms with Gasteiger partial charge < -0.3 is 15.2 Å². The largest absolute Gasteiger partial charge is 0.480 e. The molecule has 0 aromatic carbocycles. The lowest BCUT2D eigenvalue weighted by atomic mass is 9.76. The third-order valence-corrected chi connectivity index (χ3v) is 2.71. The Labute approximate surface area is 97.1 Å². The lowest BCUT2D eigenvalue weighted by molar-refractivity contribution is -0.152. The van der Waals surface area contributed by atoms with Crippen molar-refractivity contribution in [3.05, 3.63) is 0 Å². The van der Waals surface area contributed by atoms with E-state index in [9.17, 15) is 18.4 Å². The molecule has 98 valence electrons. The molecule has 0 saturated heterocycles. The number of hydrogen-bond donors (Lipinski definition) is 2. The summed E-state index contributed by atoms with van der Waals surface area (Å²) in [5.74, 6) is -1.54. The number of hydrogen-bond acceptors (Lipinski definition) is 3. The van der Waals surface area contributed by atoms with Crippen LogP contribution >= 0.6 is 0 Å². The van der Waals surface area contributed by atoms with E-state index in [0.717, 1.165) is 6.42 Å².